The van der Waals surface area contributed by atoms with Crippen LogP contribution in [-0.2, 0) is 42.8 Å². The molecule has 0 N–H and O–H groups in total. The minimum Gasteiger partial charge on any atom is -0.471 e. The smallest absolute Gasteiger partial charge is 0.297 e. The number of benzene rings is 3. The van der Waals surface area contributed by atoms with Crippen LogP contribution in [0.2, 0.25) is 0 Å². The summed E-state index contributed by atoms with van der Waals surface area (Å²) in [6, 6.07) is 21.0. The fraction of sp³-hybridized carbons (Fsp3) is 0.296. The SMILES string of the molecule is CO[C@H]1O[C@H](COS(=O)(=O)c2ccc(C)cc2)[C@H](OS(=O)(=O)c2ccc(C)cc2)[C@H]1OC(=S)c1ccccc1. The van der Waals surface area contributed by atoms with Gasteiger partial charge in [0.05, 0.1) is 16.4 Å². The first kappa shape index (κ1) is 29.3. The van der Waals surface area contributed by atoms with E-state index in [0.717, 1.165) is 11.1 Å². The molecule has 3 aromatic rings. The van der Waals surface area contributed by atoms with Crippen LogP contribution in [-0.4, -0.2) is 60.2 Å². The molecule has 4 atom stereocenters. The maximum Gasteiger partial charge on any atom is 0.297 e. The first-order valence-electron chi connectivity index (χ1n) is 11.9. The summed E-state index contributed by atoms with van der Waals surface area (Å²) in [5, 5.41) is 0.0569. The largest absolute Gasteiger partial charge is 0.471 e. The van der Waals surface area contributed by atoms with Crippen molar-refractivity contribution in [3.63, 3.8) is 0 Å². The Bertz CT molecular complexity index is 1490. The average Bonchev–Trinajstić information content (AvgIpc) is 3.23. The molecule has 1 fully saturated rings. The van der Waals surface area contributed by atoms with Crippen LogP contribution < -0.4 is 0 Å². The van der Waals surface area contributed by atoms with E-state index in [4.69, 9.17) is 34.8 Å². The normalized spacial score (nSPS) is 21.5. The Balaban J connectivity index is 1.62. The Morgan fingerprint density at radius 1 is 0.795 bits per heavy atom. The molecule has 1 saturated heterocycles. The minimum absolute atomic E-state index is 0.0569. The molecular weight excluding hydrogens is 564 g/mol. The average molecular weight is 593 g/mol. The van der Waals surface area contributed by atoms with Crippen molar-refractivity contribution in [3.05, 3.63) is 95.6 Å². The summed E-state index contributed by atoms with van der Waals surface area (Å²) in [5.74, 6) is 0. The summed E-state index contributed by atoms with van der Waals surface area (Å²) in [6.45, 7) is 3.08. The van der Waals surface area contributed by atoms with Gasteiger partial charge in [-0.15, -0.1) is 0 Å². The summed E-state index contributed by atoms with van der Waals surface area (Å²) in [7, 11) is -7.18. The number of thiocarbonyl (C=S) groups is 1. The lowest BCUT2D eigenvalue weighted by atomic mass is 10.1. The molecule has 0 bridgehead atoms. The molecule has 3 aromatic carbocycles. The molecule has 0 saturated carbocycles. The lowest BCUT2D eigenvalue weighted by Gasteiger charge is -2.24. The van der Waals surface area contributed by atoms with Crippen LogP contribution >= 0.6 is 12.2 Å². The zero-order chi connectivity index (χ0) is 28.2. The molecule has 39 heavy (non-hydrogen) atoms. The third-order valence-electron chi connectivity index (χ3n) is 6.00. The molecule has 4 rings (SSSR count). The van der Waals surface area contributed by atoms with Crippen molar-refractivity contribution in [2.45, 2.75) is 48.2 Å². The molecule has 0 spiro atoms. The second kappa shape index (κ2) is 12.2. The first-order chi connectivity index (χ1) is 18.5. The molecule has 12 heteroatoms. The maximum atomic E-state index is 13.2. The molecule has 1 aliphatic heterocycles. The number of hydrogen-bond acceptors (Lipinski definition) is 10. The lowest BCUT2D eigenvalue weighted by molar-refractivity contribution is -0.148. The van der Waals surface area contributed by atoms with Gasteiger partial charge in [-0.3, -0.25) is 8.37 Å². The highest BCUT2D eigenvalue weighted by Gasteiger charge is 2.51. The zero-order valence-corrected chi connectivity index (χ0v) is 23.9. The summed E-state index contributed by atoms with van der Waals surface area (Å²) >= 11 is 5.43. The van der Waals surface area contributed by atoms with Crippen molar-refractivity contribution in [1.82, 2.24) is 0 Å². The highest BCUT2D eigenvalue weighted by molar-refractivity contribution is 7.87. The first-order valence-corrected chi connectivity index (χ1v) is 15.1. The van der Waals surface area contributed by atoms with Gasteiger partial charge < -0.3 is 14.2 Å². The quantitative estimate of drug-likeness (QED) is 0.254. The molecule has 1 heterocycles. The van der Waals surface area contributed by atoms with Gasteiger partial charge >= 0.3 is 0 Å². The van der Waals surface area contributed by atoms with Gasteiger partial charge in [0, 0.05) is 12.7 Å². The zero-order valence-electron chi connectivity index (χ0n) is 21.4. The highest BCUT2D eigenvalue weighted by Crippen LogP contribution is 2.32. The minimum atomic E-state index is -4.33. The monoisotopic (exact) mass is 592 g/mol. The van der Waals surface area contributed by atoms with E-state index in [1.807, 2.05) is 19.9 Å². The van der Waals surface area contributed by atoms with Crippen molar-refractivity contribution in [3.8, 4) is 0 Å². The molecule has 0 radical (unpaired) electrons. The number of ether oxygens (including phenoxy) is 3. The standard InChI is InChI=1S/C27H28O9S3/c1-18-9-13-21(14-10-18)38(28,29)33-17-23-24(36-39(30,31)22-15-11-19(2)12-16-22)25(26(32-3)34-23)35-27(37)20-7-5-4-6-8-20/h4-16,23-26H,17H2,1-3H3/t23-,24+,25-,26+/m1/s1. The Labute approximate surface area is 233 Å². The second-order valence-corrected chi connectivity index (χ2v) is 12.5. The van der Waals surface area contributed by atoms with Crippen molar-refractivity contribution in [2.24, 2.45) is 0 Å². The fourth-order valence-corrected chi connectivity index (χ4v) is 6.13. The van der Waals surface area contributed by atoms with Gasteiger partial charge in [-0.25, -0.2) is 0 Å². The third-order valence-corrected chi connectivity index (χ3v) is 8.95. The van der Waals surface area contributed by atoms with Gasteiger partial charge in [-0.2, -0.15) is 16.8 Å². The van der Waals surface area contributed by atoms with Crippen molar-refractivity contribution in [1.29, 1.82) is 0 Å². The fourth-order valence-electron chi connectivity index (χ4n) is 3.86. The molecular formula is C27H28O9S3. The van der Waals surface area contributed by atoms with Crippen LogP contribution in [0.15, 0.2) is 88.7 Å². The van der Waals surface area contributed by atoms with E-state index in [-0.39, 0.29) is 14.8 Å². The van der Waals surface area contributed by atoms with E-state index in [0.29, 0.717) is 5.56 Å². The molecule has 1 aliphatic rings. The molecule has 0 unspecified atom stereocenters. The Kier molecular flexibility index (Phi) is 9.17. The number of hydrogen-bond donors (Lipinski definition) is 0. The molecule has 0 aliphatic carbocycles. The molecule has 0 aromatic heterocycles. The topological polar surface area (TPSA) is 114 Å². The van der Waals surface area contributed by atoms with Crippen LogP contribution in [0.5, 0.6) is 0 Å². The number of methoxy groups -OCH3 is 1. The predicted octanol–water partition coefficient (Wildman–Crippen LogP) is 3.92. The Morgan fingerprint density at radius 3 is 1.87 bits per heavy atom. The van der Waals surface area contributed by atoms with Gasteiger partial charge in [-0.1, -0.05) is 65.7 Å². The third kappa shape index (κ3) is 7.09. The summed E-state index contributed by atoms with van der Waals surface area (Å²) in [4.78, 5) is -0.150. The predicted molar refractivity (Wildman–Crippen MR) is 146 cm³/mol. The van der Waals surface area contributed by atoms with Crippen LogP contribution in [0.1, 0.15) is 16.7 Å². The molecule has 0 amide bonds. The van der Waals surface area contributed by atoms with Gasteiger partial charge in [0.25, 0.3) is 20.2 Å². The van der Waals surface area contributed by atoms with Gasteiger partial charge in [-0.05, 0) is 50.3 Å². The van der Waals surface area contributed by atoms with E-state index in [9.17, 15) is 16.8 Å². The van der Waals surface area contributed by atoms with Gasteiger partial charge in [0.1, 0.15) is 12.2 Å². The summed E-state index contributed by atoms with van der Waals surface area (Å²) in [5.41, 5.74) is 2.31. The summed E-state index contributed by atoms with van der Waals surface area (Å²) < 4.78 is 80.2. The Hall–Kier alpha value is -2.71. The van der Waals surface area contributed by atoms with Crippen molar-refractivity contribution in [2.75, 3.05) is 13.7 Å². The van der Waals surface area contributed by atoms with Crippen LogP contribution in [0.25, 0.3) is 0 Å². The Morgan fingerprint density at radius 2 is 1.33 bits per heavy atom. The van der Waals surface area contributed by atoms with E-state index < -0.39 is 51.4 Å². The van der Waals surface area contributed by atoms with Gasteiger partial charge in [0.15, 0.2) is 17.4 Å². The van der Waals surface area contributed by atoms with Crippen LogP contribution in [0.3, 0.4) is 0 Å². The molecule has 208 valence electrons. The van der Waals surface area contributed by atoms with E-state index in [1.165, 1.54) is 31.4 Å². The van der Waals surface area contributed by atoms with E-state index >= 15 is 0 Å². The number of aryl methyl sites for hydroxylation is 2. The van der Waals surface area contributed by atoms with Crippen molar-refractivity contribution >= 4 is 37.5 Å². The van der Waals surface area contributed by atoms with Crippen LogP contribution in [0.4, 0.5) is 0 Å². The highest BCUT2D eigenvalue weighted by atomic mass is 32.2. The maximum absolute atomic E-state index is 13.2. The molecule has 9 nitrogen and oxygen atoms in total. The lowest BCUT2D eigenvalue weighted by Crippen LogP contribution is -2.42. The van der Waals surface area contributed by atoms with Crippen molar-refractivity contribution < 1.29 is 39.4 Å². The van der Waals surface area contributed by atoms with E-state index in [1.54, 1.807) is 48.5 Å². The van der Waals surface area contributed by atoms with E-state index in [2.05, 4.69) is 0 Å². The second-order valence-electron chi connectivity index (χ2n) is 8.89. The summed E-state index contributed by atoms with van der Waals surface area (Å²) in [6.07, 6.45) is -4.88. The van der Waals surface area contributed by atoms with Gasteiger partial charge in [0.2, 0.25) is 0 Å². The van der Waals surface area contributed by atoms with Crippen LogP contribution in [0, 0.1) is 13.8 Å². The number of rotatable bonds is 10.